The molecule has 0 bridgehead atoms. The summed E-state index contributed by atoms with van der Waals surface area (Å²) in [4.78, 5) is 13.0. The van der Waals surface area contributed by atoms with E-state index in [1.54, 1.807) is 55.5 Å². The molecule has 2 aromatic carbocycles. The number of phosphoric ester groups is 1. The van der Waals surface area contributed by atoms with Crippen molar-refractivity contribution in [1.29, 1.82) is 0 Å². The maximum Gasteiger partial charge on any atom is 0.475 e. The molecule has 6 heteroatoms. The van der Waals surface area contributed by atoms with Crippen LogP contribution in [0.2, 0.25) is 0 Å². The van der Waals surface area contributed by atoms with Gasteiger partial charge in [0, 0.05) is 19.8 Å². The molecule has 0 N–H and O–H groups in total. The van der Waals surface area contributed by atoms with E-state index in [4.69, 9.17) is 13.6 Å². The van der Waals surface area contributed by atoms with Gasteiger partial charge in [-0.1, -0.05) is 60.7 Å². The monoisotopic (exact) mass is 334 g/mol. The van der Waals surface area contributed by atoms with Crippen molar-refractivity contribution < 1.29 is 22.9 Å². The van der Waals surface area contributed by atoms with E-state index in [0.29, 0.717) is 11.1 Å². The highest BCUT2D eigenvalue weighted by molar-refractivity contribution is 7.48. The molecule has 122 valence electrons. The summed E-state index contributed by atoms with van der Waals surface area (Å²) in [6.07, 6.45) is 0. The van der Waals surface area contributed by atoms with Gasteiger partial charge in [-0.05, 0) is 12.5 Å². The Balaban J connectivity index is 2.52. The van der Waals surface area contributed by atoms with Gasteiger partial charge >= 0.3 is 7.82 Å². The number of hydrogen-bond acceptors (Lipinski definition) is 5. The van der Waals surface area contributed by atoms with Crippen LogP contribution in [0.15, 0.2) is 60.7 Å². The second-order valence-electron chi connectivity index (χ2n) is 5.00. The van der Waals surface area contributed by atoms with Gasteiger partial charge in [0.05, 0.1) is 0 Å². The Hall–Kier alpha value is -1.78. The molecule has 1 unspecified atom stereocenters. The Labute approximate surface area is 135 Å². The van der Waals surface area contributed by atoms with E-state index >= 15 is 0 Å². The molecule has 0 aliphatic rings. The largest absolute Gasteiger partial charge is 0.475 e. The lowest BCUT2D eigenvalue weighted by Gasteiger charge is -2.31. The Bertz CT molecular complexity index is 693. The summed E-state index contributed by atoms with van der Waals surface area (Å²) in [6, 6.07) is 17.5. The molecule has 0 aromatic heterocycles. The van der Waals surface area contributed by atoms with Gasteiger partial charge in [0.2, 0.25) is 0 Å². The summed E-state index contributed by atoms with van der Waals surface area (Å²) in [5.74, 6) is -0.335. The van der Waals surface area contributed by atoms with Crippen LogP contribution in [0.3, 0.4) is 0 Å². The number of ketones is 1. The molecule has 0 amide bonds. The lowest BCUT2D eigenvalue weighted by atomic mass is 9.88. The van der Waals surface area contributed by atoms with Crippen LogP contribution in [-0.4, -0.2) is 20.0 Å². The summed E-state index contributed by atoms with van der Waals surface area (Å²) in [6.45, 7) is 1.56. The van der Waals surface area contributed by atoms with E-state index in [9.17, 15) is 9.36 Å². The molecular formula is C17H19O5P. The van der Waals surface area contributed by atoms with E-state index in [1.165, 1.54) is 14.2 Å². The summed E-state index contributed by atoms with van der Waals surface area (Å²) in [5, 5.41) is 0. The number of phosphoric acid groups is 1. The fourth-order valence-corrected chi connectivity index (χ4v) is 3.15. The van der Waals surface area contributed by atoms with Gasteiger partial charge in [-0.2, -0.15) is 0 Å². The van der Waals surface area contributed by atoms with Gasteiger partial charge < -0.3 is 0 Å². The van der Waals surface area contributed by atoms with Crippen molar-refractivity contribution in [2.45, 2.75) is 12.5 Å². The van der Waals surface area contributed by atoms with Crippen LogP contribution in [0.1, 0.15) is 22.8 Å². The summed E-state index contributed by atoms with van der Waals surface area (Å²) in [5.41, 5.74) is -0.509. The van der Waals surface area contributed by atoms with E-state index in [-0.39, 0.29) is 5.78 Å². The molecule has 0 heterocycles. The SMILES string of the molecule is COP(=O)(OC)OC(C)(C(=O)c1ccccc1)c1ccccc1. The topological polar surface area (TPSA) is 61.8 Å². The molecule has 1 atom stereocenters. The minimum atomic E-state index is -3.86. The zero-order valence-electron chi connectivity index (χ0n) is 13.3. The third kappa shape index (κ3) is 3.77. The molecule has 0 saturated heterocycles. The second-order valence-corrected chi connectivity index (χ2v) is 6.81. The maximum atomic E-state index is 13.0. The van der Waals surface area contributed by atoms with Gasteiger partial charge in [-0.15, -0.1) is 0 Å². The fourth-order valence-electron chi connectivity index (χ4n) is 2.22. The van der Waals surface area contributed by atoms with Crippen LogP contribution in [0, 0.1) is 0 Å². The number of benzene rings is 2. The highest BCUT2D eigenvalue weighted by Crippen LogP contribution is 2.54. The van der Waals surface area contributed by atoms with Crippen LogP contribution in [-0.2, 0) is 23.7 Å². The summed E-state index contributed by atoms with van der Waals surface area (Å²) in [7, 11) is -1.44. The van der Waals surface area contributed by atoms with Crippen LogP contribution in [0.25, 0.3) is 0 Å². The van der Waals surface area contributed by atoms with Gasteiger partial charge in [0.25, 0.3) is 0 Å². The Kier molecular flexibility index (Phi) is 5.50. The number of rotatable bonds is 7. The molecule has 0 radical (unpaired) electrons. The number of Topliss-reactive ketones (excluding diaryl/α,β-unsaturated/α-hetero) is 1. The Morgan fingerprint density at radius 3 is 1.87 bits per heavy atom. The van der Waals surface area contributed by atoms with Gasteiger partial charge in [0.15, 0.2) is 11.4 Å². The molecule has 0 spiro atoms. The number of carbonyl (C=O) groups excluding carboxylic acids is 1. The van der Waals surface area contributed by atoms with Crippen molar-refractivity contribution in [3.8, 4) is 0 Å². The fraction of sp³-hybridized carbons (Fsp3) is 0.235. The van der Waals surface area contributed by atoms with Gasteiger partial charge in [-0.25, -0.2) is 4.57 Å². The lowest BCUT2D eigenvalue weighted by Crippen LogP contribution is -2.35. The zero-order valence-corrected chi connectivity index (χ0v) is 14.2. The molecule has 0 fully saturated rings. The molecule has 0 aliphatic carbocycles. The van der Waals surface area contributed by atoms with Crippen molar-refractivity contribution in [3.05, 3.63) is 71.8 Å². The predicted molar refractivity (Wildman–Crippen MR) is 87.3 cm³/mol. The normalized spacial score (nSPS) is 14.2. The van der Waals surface area contributed by atoms with Crippen molar-refractivity contribution in [1.82, 2.24) is 0 Å². The Morgan fingerprint density at radius 2 is 1.39 bits per heavy atom. The van der Waals surface area contributed by atoms with Crippen molar-refractivity contribution in [3.63, 3.8) is 0 Å². The minimum Gasteiger partial charge on any atom is -0.290 e. The molecular weight excluding hydrogens is 315 g/mol. The molecule has 5 nitrogen and oxygen atoms in total. The number of hydrogen-bond donors (Lipinski definition) is 0. The van der Waals surface area contributed by atoms with Crippen molar-refractivity contribution in [2.75, 3.05) is 14.2 Å². The first kappa shape index (κ1) is 17.6. The van der Waals surface area contributed by atoms with Crippen LogP contribution >= 0.6 is 7.82 Å². The third-order valence-corrected chi connectivity index (χ3v) is 5.02. The highest BCUT2D eigenvalue weighted by Gasteiger charge is 2.44. The predicted octanol–water partition coefficient (Wildman–Crippen LogP) is 4.20. The lowest BCUT2D eigenvalue weighted by molar-refractivity contribution is 0.0277. The maximum absolute atomic E-state index is 13.0. The first-order valence-electron chi connectivity index (χ1n) is 7.03. The zero-order chi connectivity index (χ0) is 16.9. The van der Waals surface area contributed by atoms with Crippen molar-refractivity contribution in [2.24, 2.45) is 0 Å². The summed E-state index contributed by atoms with van der Waals surface area (Å²) < 4.78 is 27.7. The third-order valence-electron chi connectivity index (χ3n) is 3.54. The molecule has 2 aromatic rings. The molecule has 23 heavy (non-hydrogen) atoms. The summed E-state index contributed by atoms with van der Waals surface area (Å²) >= 11 is 0. The second kappa shape index (κ2) is 7.20. The molecule has 0 aliphatic heterocycles. The average Bonchev–Trinajstić information content (AvgIpc) is 2.62. The molecule has 2 rings (SSSR count). The standard InChI is InChI=1S/C17H19O5P/c1-17(15-12-8-5-9-13-15,22-23(19,20-2)21-3)16(18)14-10-6-4-7-11-14/h4-13H,1-3H3. The van der Waals surface area contributed by atoms with Gasteiger partial charge in [-0.3, -0.25) is 18.4 Å². The first-order valence-corrected chi connectivity index (χ1v) is 8.49. The van der Waals surface area contributed by atoms with E-state index < -0.39 is 13.4 Å². The van der Waals surface area contributed by atoms with E-state index in [2.05, 4.69) is 0 Å². The van der Waals surface area contributed by atoms with Crippen molar-refractivity contribution >= 4 is 13.6 Å². The van der Waals surface area contributed by atoms with Gasteiger partial charge in [0.1, 0.15) is 0 Å². The van der Waals surface area contributed by atoms with Crippen LogP contribution in [0.4, 0.5) is 0 Å². The highest BCUT2D eigenvalue weighted by atomic mass is 31.2. The van der Waals surface area contributed by atoms with E-state index in [1.807, 2.05) is 12.1 Å². The van der Waals surface area contributed by atoms with Crippen LogP contribution < -0.4 is 0 Å². The number of carbonyl (C=O) groups is 1. The average molecular weight is 334 g/mol. The smallest absolute Gasteiger partial charge is 0.290 e. The van der Waals surface area contributed by atoms with E-state index in [0.717, 1.165) is 0 Å². The first-order chi connectivity index (χ1) is 10.9. The van der Waals surface area contributed by atoms with Crippen LogP contribution in [0.5, 0.6) is 0 Å². The molecule has 0 saturated carbocycles. The quantitative estimate of drug-likeness (QED) is 0.561. The minimum absolute atomic E-state index is 0.335. The Morgan fingerprint density at radius 1 is 0.913 bits per heavy atom.